The molecule has 0 saturated heterocycles. The Balaban J connectivity index is 1.78. The summed E-state index contributed by atoms with van der Waals surface area (Å²) in [5.41, 5.74) is 6.66. The van der Waals surface area contributed by atoms with Crippen LogP contribution in [0.4, 0.5) is 5.69 Å². The van der Waals surface area contributed by atoms with E-state index in [1.807, 2.05) is 42.5 Å². The summed E-state index contributed by atoms with van der Waals surface area (Å²) < 4.78 is 0. The Morgan fingerprint density at radius 1 is 0.828 bits per heavy atom. The minimum absolute atomic E-state index is 0.0222. The minimum atomic E-state index is -0.0222. The van der Waals surface area contributed by atoms with Gasteiger partial charge in [-0.15, -0.1) is 0 Å². The second kappa shape index (κ2) is 7.69. The van der Waals surface area contributed by atoms with E-state index < -0.39 is 0 Å². The molecule has 1 amide bonds. The summed E-state index contributed by atoms with van der Waals surface area (Å²) in [6.07, 6.45) is 4.06. The third-order valence-electron chi connectivity index (χ3n) is 5.20. The van der Waals surface area contributed by atoms with E-state index in [4.69, 9.17) is 11.6 Å². The highest BCUT2D eigenvalue weighted by Crippen LogP contribution is 2.32. The highest BCUT2D eigenvalue weighted by atomic mass is 35.5. The van der Waals surface area contributed by atoms with Gasteiger partial charge in [-0.1, -0.05) is 60.2 Å². The Bertz CT molecular complexity index is 1150. The Morgan fingerprint density at radius 2 is 1.52 bits per heavy atom. The summed E-state index contributed by atoms with van der Waals surface area (Å²) in [6, 6.07) is 19.4. The first-order valence-electron chi connectivity index (χ1n) is 9.42. The Kier molecular flexibility index (Phi) is 5.08. The van der Waals surface area contributed by atoms with E-state index in [1.165, 1.54) is 0 Å². The van der Waals surface area contributed by atoms with Gasteiger partial charge in [-0.2, -0.15) is 0 Å². The summed E-state index contributed by atoms with van der Waals surface area (Å²) in [4.78, 5) is 25.7. The van der Waals surface area contributed by atoms with Crippen LogP contribution >= 0.6 is 11.6 Å². The summed E-state index contributed by atoms with van der Waals surface area (Å²) >= 11 is 6.16. The number of benzene rings is 3. The van der Waals surface area contributed by atoms with Crippen molar-refractivity contribution in [3.63, 3.8) is 0 Å². The number of carbonyl (C=O) groups is 2. The van der Waals surface area contributed by atoms with Gasteiger partial charge in [0.05, 0.1) is 12.2 Å². The van der Waals surface area contributed by atoms with Gasteiger partial charge >= 0.3 is 0 Å². The standard InChI is InChI=1S/C25H20ClNO2/c1-16(28)18-3-5-19(6-4-18)21-9-7-20-8-10-22-14-24(26)11-12-25(22)27(17(2)29)15-23(20)13-21/h3-14H,15H2,1-2H3/b10-8-. The first kappa shape index (κ1) is 19.2. The van der Waals surface area contributed by atoms with Gasteiger partial charge in [-0.25, -0.2) is 0 Å². The molecule has 3 aromatic rings. The third kappa shape index (κ3) is 3.87. The number of rotatable bonds is 2. The fourth-order valence-electron chi connectivity index (χ4n) is 3.60. The summed E-state index contributed by atoms with van der Waals surface area (Å²) in [5.74, 6) is 0.0294. The molecule has 4 rings (SSSR count). The predicted molar refractivity (Wildman–Crippen MR) is 119 cm³/mol. The van der Waals surface area contributed by atoms with E-state index in [1.54, 1.807) is 24.8 Å². The van der Waals surface area contributed by atoms with Gasteiger partial charge in [-0.05, 0) is 59.0 Å². The van der Waals surface area contributed by atoms with Crippen LogP contribution in [0.25, 0.3) is 23.3 Å². The first-order valence-corrected chi connectivity index (χ1v) is 9.80. The van der Waals surface area contributed by atoms with Crippen LogP contribution in [0.5, 0.6) is 0 Å². The van der Waals surface area contributed by atoms with Crippen molar-refractivity contribution in [3.05, 3.63) is 87.9 Å². The number of ketones is 1. The lowest BCUT2D eigenvalue weighted by molar-refractivity contribution is -0.116. The lowest BCUT2D eigenvalue weighted by atomic mass is 9.95. The topological polar surface area (TPSA) is 37.4 Å². The molecule has 0 atom stereocenters. The van der Waals surface area contributed by atoms with Crippen molar-refractivity contribution in [2.75, 3.05) is 4.90 Å². The number of amides is 1. The van der Waals surface area contributed by atoms with Crippen LogP contribution in [-0.4, -0.2) is 11.7 Å². The maximum Gasteiger partial charge on any atom is 0.224 e. The molecule has 0 unspecified atom stereocenters. The SMILES string of the molecule is CC(=O)c1ccc(-c2ccc3c(c2)CN(C(C)=O)c2ccc(Cl)cc2/C=C\3)cc1. The van der Waals surface area contributed by atoms with Crippen molar-refractivity contribution in [2.24, 2.45) is 0 Å². The smallest absolute Gasteiger partial charge is 0.224 e. The molecule has 0 bridgehead atoms. The first-order chi connectivity index (χ1) is 13.9. The zero-order chi connectivity index (χ0) is 20.5. The molecule has 0 N–H and O–H groups in total. The van der Waals surface area contributed by atoms with Crippen LogP contribution in [0.3, 0.4) is 0 Å². The van der Waals surface area contributed by atoms with Crippen molar-refractivity contribution in [3.8, 4) is 11.1 Å². The minimum Gasteiger partial charge on any atom is -0.308 e. The highest BCUT2D eigenvalue weighted by Gasteiger charge is 2.19. The lowest BCUT2D eigenvalue weighted by Gasteiger charge is -2.26. The number of anilines is 1. The fourth-order valence-corrected chi connectivity index (χ4v) is 3.78. The monoisotopic (exact) mass is 401 g/mol. The number of hydrogen-bond donors (Lipinski definition) is 0. The van der Waals surface area contributed by atoms with Crippen molar-refractivity contribution in [2.45, 2.75) is 20.4 Å². The van der Waals surface area contributed by atoms with Gasteiger partial charge in [0.2, 0.25) is 5.91 Å². The van der Waals surface area contributed by atoms with Crippen molar-refractivity contribution in [1.82, 2.24) is 0 Å². The lowest BCUT2D eigenvalue weighted by Crippen LogP contribution is -2.29. The molecule has 1 aliphatic heterocycles. The van der Waals surface area contributed by atoms with Gasteiger partial charge in [0.1, 0.15) is 0 Å². The molecule has 1 heterocycles. The Hall–Kier alpha value is -3.17. The summed E-state index contributed by atoms with van der Waals surface area (Å²) in [7, 11) is 0. The molecule has 3 aromatic carbocycles. The van der Waals surface area contributed by atoms with Crippen LogP contribution in [0, 0.1) is 0 Å². The van der Waals surface area contributed by atoms with E-state index >= 15 is 0 Å². The molecule has 29 heavy (non-hydrogen) atoms. The molecule has 0 spiro atoms. The molecule has 3 nitrogen and oxygen atoms in total. The molecule has 144 valence electrons. The number of halogens is 1. The molecule has 1 aliphatic rings. The van der Waals surface area contributed by atoms with Gasteiger partial charge < -0.3 is 4.90 Å². The van der Waals surface area contributed by atoms with E-state index in [2.05, 4.69) is 24.3 Å². The average Bonchev–Trinajstić information content (AvgIpc) is 2.69. The Labute approximate surface area is 175 Å². The molecule has 0 fully saturated rings. The van der Waals surface area contributed by atoms with E-state index in [0.29, 0.717) is 17.1 Å². The number of carbonyl (C=O) groups excluding carboxylic acids is 2. The van der Waals surface area contributed by atoms with Crippen molar-refractivity contribution < 1.29 is 9.59 Å². The third-order valence-corrected chi connectivity index (χ3v) is 5.43. The van der Waals surface area contributed by atoms with E-state index in [9.17, 15) is 9.59 Å². The fraction of sp³-hybridized carbons (Fsp3) is 0.120. The summed E-state index contributed by atoms with van der Waals surface area (Å²) in [5, 5.41) is 0.641. The van der Waals surface area contributed by atoms with Gasteiger partial charge in [0.25, 0.3) is 0 Å². The van der Waals surface area contributed by atoms with Gasteiger partial charge in [0.15, 0.2) is 5.78 Å². The van der Waals surface area contributed by atoms with Crippen molar-refractivity contribution in [1.29, 1.82) is 0 Å². The number of Topliss-reactive ketones (excluding diaryl/α,β-unsaturated/α-hetero) is 1. The van der Waals surface area contributed by atoms with Crippen LogP contribution in [0.15, 0.2) is 60.7 Å². The predicted octanol–water partition coefficient (Wildman–Crippen LogP) is 6.25. The quantitative estimate of drug-likeness (QED) is 0.476. The molecule has 0 aromatic heterocycles. The van der Waals surface area contributed by atoms with Crippen LogP contribution in [0.1, 0.15) is 40.9 Å². The molecule has 0 aliphatic carbocycles. The second-order valence-corrected chi connectivity index (χ2v) is 7.63. The Morgan fingerprint density at radius 3 is 2.21 bits per heavy atom. The van der Waals surface area contributed by atoms with E-state index in [0.717, 1.165) is 33.5 Å². The number of fused-ring (bicyclic) bond motifs is 2. The zero-order valence-corrected chi connectivity index (χ0v) is 17.0. The molecule has 0 radical (unpaired) electrons. The van der Waals surface area contributed by atoms with Crippen LogP contribution in [0.2, 0.25) is 5.02 Å². The maximum atomic E-state index is 12.4. The molecular formula is C25H20ClNO2. The maximum absolute atomic E-state index is 12.4. The second-order valence-electron chi connectivity index (χ2n) is 7.19. The van der Waals surface area contributed by atoms with Crippen LogP contribution in [-0.2, 0) is 11.3 Å². The van der Waals surface area contributed by atoms with Gasteiger partial charge in [0, 0.05) is 17.5 Å². The molecule has 4 heteroatoms. The van der Waals surface area contributed by atoms with Gasteiger partial charge in [-0.3, -0.25) is 9.59 Å². The highest BCUT2D eigenvalue weighted by molar-refractivity contribution is 6.30. The summed E-state index contributed by atoms with van der Waals surface area (Å²) in [6.45, 7) is 3.62. The van der Waals surface area contributed by atoms with Crippen LogP contribution < -0.4 is 4.90 Å². The zero-order valence-electron chi connectivity index (χ0n) is 16.3. The number of hydrogen-bond acceptors (Lipinski definition) is 2. The normalized spacial score (nSPS) is 13.7. The number of nitrogens with zero attached hydrogens (tertiary/aromatic N) is 1. The van der Waals surface area contributed by atoms with Crippen molar-refractivity contribution >= 4 is 41.1 Å². The molecular weight excluding hydrogens is 382 g/mol. The van der Waals surface area contributed by atoms with E-state index in [-0.39, 0.29) is 11.7 Å². The molecule has 0 saturated carbocycles. The average molecular weight is 402 g/mol. The largest absolute Gasteiger partial charge is 0.308 e.